The monoisotopic (exact) mass is 1000 g/mol. The van der Waals surface area contributed by atoms with Crippen LogP contribution in [0.25, 0.3) is 21.6 Å². The fraction of sp³-hybridized carbons (Fsp3) is 0.396. The summed E-state index contributed by atoms with van der Waals surface area (Å²) < 4.78 is 11.7. The molecular formula is C53H58ClN7O7S2. The van der Waals surface area contributed by atoms with Crippen molar-refractivity contribution in [2.24, 2.45) is 5.41 Å². The lowest BCUT2D eigenvalue weighted by atomic mass is 9.85. The second-order valence-electron chi connectivity index (χ2n) is 19.4. The summed E-state index contributed by atoms with van der Waals surface area (Å²) in [5, 5.41) is 23.2. The minimum Gasteiger partial charge on any atom is -0.494 e. The van der Waals surface area contributed by atoms with E-state index in [1.165, 1.54) is 22.1 Å². The topological polar surface area (TPSA) is 178 Å². The van der Waals surface area contributed by atoms with Crippen LogP contribution in [0.4, 0.5) is 11.4 Å². The molecule has 2 aliphatic rings. The number of β-amino-alcohol motifs (C(OH)–C–C–N with tert-alkyl or cyclic N) is 1. The van der Waals surface area contributed by atoms with Crippen LogP contribution in [-0.2, 0) is 23.9 Å². The summed E-state index contributed by atoms with van der Waals surface area (Å²) in [7, 11) is 0. The lowest BCUT2D eigenvalue weighted by molar-refractivity contribution is -0.144. The summed E-state index contributed by atoms with van der Waals surface area (Å²) in [6, 6.07) is 25.3. The number of hydrogen-bond acceptors (Lipinski definition) is 12. The lowest BCUT2D eigenvalue weighted by Crippen LogP contribution is -2.57. The smallest absolute Gasteiger partial charge is 0.259 e. The summed E-state index contributed by atoms with van der Waals surface area (Å²) in [6.07, 6.45) is 2.25. The molecule has 7 rings (SSSR count). The van der Waals surface area contributed by atoms with Crippen molar-refractivity contribution in [2.45, 2.75) is 104 Å². The van der Waals surface area contributed by atoms with Gasteiger partial charge in [-0.05, 0) is 110 Å². The maximum atomic E-state index is 14.1. The van der Waals surface area contributed by atoms with Crippen LogP contribution in [0.5, 0.6) is 5.75 Å². The van der Waals surface area contributed by atoms with Crippen LogP contribution in [0, 0.1) is 23.7 Å². The molecular weight excluding hydrogens is 946 g/mol. The van der Waals surface area contributed by atoms with Gasteiger partial charge >= 0.3 is 0 Å². The van der Waals surface area contributed by atoms with E-state index in [2.05, 4.69) is 15.3 Å². The Morgan fingerprint density at radius 2 is 1.63 bits per heavy atom. The van der Waals surface area contributed by atoms with Gasteiger partial charge in [0.05, 0.1) is 51.7 Å². The molecule has 0 saturated carbocycles. The number of aliphatic hydroxyl groups excluding tert-OH is 1. The second-order valence-corrected chi connectivity index (χ2v) is 21.0. The predicted molar refractivity (Wildman–Crippen MR) is 276 cm³/mol. The summed E-state index contributed by atoms with van der Waals surface area (Å²) >= 11 is 13.6. The van der Waals surface area contributed by atoms with Crippen molar-refractivity contribution in [3.63, 3.8) is 0 Å². The number of ether oxygens (including phenoxy) is 2. The largest absolute Gasteiger partial charge is 0.494 e. The van der Waals surface area contributed by atoms with Crippen LogP contribution in [0.3, 0.4) is 0 Å². The van der Waals surface area contributed by atoms with E-state index in [1.807, 2.05) is 119 Å². The van der Waals surface area contributed by atoms with Gasteiger partial charge in [-0.15, -0.1) is 11.3 Å². The molecule has 3 aromatic carbocycles. The van der Waals surface area contributed by atoms with Gasteiger partial charge in [0, 0.05) is 31.7 Å². The number of Topliss-reactive ketones (excluding diaryl/α,β-unsaturated/α-hetero) is 1. The molecule has 2 saturated heterocycles. The number of rotatable bonds is 18. The Labute approximate surface area is 423 Å². The standard InChI is InChI=1S/C53H58ClN7O7S2/c1-32(34-10-12-37(13-11-34)47-33(2)57-31-70-47)24-45(63)44-26-40(62)29-59(44)49(65)48(52(3,4)5)58-46(64)30-67-22-8-9-23-68-41-20-16-36(17-21-41)35-14-18-38(19-15-35)61-51(69)60(50(66)53(61,6)7)39-25-42(54)43(27-55)56-28-39/h10-21,25,28,31-32,40,44,48,62H,8-9,22-24,26,29-30H2,1-7H3,(H,58,64)/t32-,40-,44+,48-/m1/s1. The van der Waals surface area contributed by atoms with Crippen molar-refractivity contribution in [3.05, 3.63) is 113 Å². The molecule has 2 fully saturated rings. The first-order valence-electron chi connectivity index (χ1n) is 23.2. The van der Waals surface area contributed by atoms with Gasteiger partial charge in [0.25, 0.3) is 5.91 Å². The molecule has 366 valence electrons. The van der Waals surface area contributed by atoms with Crippen molar-refractivity contribution in [1.82, 2.24) is 20.2 Å². The molecule has 70 heavy (non-hydrogen) atoms. The number of amides is 3. The molecule has 14 nitrogen and oxygen atoms in total. The number of thiocarbonyl (C=S) groups is 1. The normalized spacial score (nSPS) is 17.6. The molecule has 0 aliphatic carbocycles. The summed E-state index contributed by atoms with van der Waals surface area (Å²) in [4.78, 5) is 68.8. The van der Waals surface area contributed by atoms with Crippen LogP contribution in [0.2, 0.25) is 5.02 Å². The number of nitrogens with one attached hydrogen (secondary N) is 1. The lowest BCUT2D eigenvalue weighted by Gasteiger charge is -2.35. The number of halogens is 1. The molecule has 3 amide bonds. The quantitative estimate of drug-likeness (QED) is 0.0630. The number of aryl methyl sites for hydroxylation is 1. The molecule has 5 aromatic rings. The van der Waals surface area contributed by atoms with E-state index in [-0.39, 0.29) is 59.4 Å². The number of ketones is 1. The van der Waals surface area contributed by atoms with Crippen molar-refractivity contribution < 1.29 is 33.8 Å². The Bertz CT molecular complexity index is 2770. The highest BCUT2D eigenvalue weighted by Crippen LogP contribution is 2.38. The van der Waals surface area contributed by atoms with Crippen molar-refractivity contribution in [2.75, 3.05) is 36.2 Å². The number of thiazole rings is 1. The Kier molecular flexibility index (Phi) is 16.2. The third-order valence-corrected chi connectivity index (χ3v) is 14.3. The number of pyridine rings is 1. The van der Waals surface area contributed by atoms with Gasteiger partial charge in [0.1, 0.15) is 30.0 Å². The van der Waals surface area contributed by atoms with E-state index in [0.717, 1.165) is 38.5 Å². The van der Waals surface area contributed by atoms with E-state index in [9.17, 15) is 29.5 Å². The summed E-state index contributed by atoms with van der Waals surface area (Å²) in [5.41, 5.74) is 6.31. The van der Waals surface area contributed by atoms with E-state index < -0.39 is 41.0 Å². The fourth-order valence-corrected chi connectivity index (χ4v) is 10.3. The number of carbonyl (C=O) groups excluding carboxylic acids is 4. The number of likely N-dealkylation sites (tertiary alicyclic amines) is 1. The Morgan fingerprint density at radius 3 is 2.24 bits per heavy atom. The van der Waals surface area contributed by atoms with Gasteiger partial charge in [-0.1, -0.05) is 87.8 Å². The molecule has 4 atom stereocenters. The van der Waals surface area contributed by atoms with Crippen LogP contribution < -0.4 is 19.9 Å². The number of unbranched alkanes of at least 4 members (excludes halogenated alkanes) is 1. The predicted octanol–water partition coefficient (Wildman–Crippen LogP) is 9.05. The molecule has 0 spiro atoms. The van der Waals surface area contributed by atoms with E-state index in [4.69, 9.17) is 33.3 Å². The molecule has 0 unspecified atom stereocenters. The number of aliphatic hydroxyl groups is 1. The third-order valence-electron chi connectivity index (χ3n) is 12.7. The van der Waals surface area contributed by atoms with Crippen molar-refractivity contribution in [1.29, 1.82) is 5.26 Å². The first kappa shape index (κ1) is 51.8. The molecule has 0 bridgehead atoms. The van der Waals surface area contributed by atoms with Gasteiger partial charge in [-0.3, -0.25) is 24.1 Å². The van der Waals surface area contributed by atoms with Gasteiger partial charge in [0.15, 0.2) is 16.6 Å². The Morgan fingerprint density at radius 1 is 0.986 bits per heavy atom. The summed E-state index contributed by atoms with van der Waals surface area (Å²) in [5.74, 6) is -0.618. The number of aromatic nitrogens is 2. The number of nitriles is 1. The van der Waals surface area contributed by atoms with Crippen LogP contribution in [-0.4, -0.2) is 98.7 Å². The molecule has 2 aromatic heterocycles. The Balaban J connectivity index is 0.839. The maximum absolute atomic E-state index is 14.1. The average molecular weight is 1000 g/mol. The van der Waals surface area contributed by atoms with Crippen LogP contribution in [0.15, 0.2) is 90.6 Å². The second kappa shape index (κ2) is 21.9. The van der Waals surface area contributed by atoms with Gasteiger partial charge in [-0.2, -0.15) is 5.26 Å². The molecule has 0 radical (unpaired) electrons. The molecule has 4 heterocycles. The first-order chi connectivity index (χ1) is 33.3. The van der Waals surface area contributed by atoms with Crippen LogP contribution >= 0.6 is 35.2 Å². The van der Waals surface area contributed by atoms with Gasteiger partial charge < -0.3 is 29.7 Å². The zero-order valence-corrected chi connectivity index (χ0v) is 42.8. The number of hydrogen-bond donors (Lipinski definition) is 2. The fourth-order valence-electron chi connectivity index (χ4n) is 8.77. The highest BCUT2D eigenvalue weighted by atomic mass is 35.5. The minimum atomic E-state index is -0.997. The number of carbonyl (C=O) groups is 4. The highest BCUT2D eigenvalue weighted by Gasteiger charge is 2.50. The van der Waals surface area contributed by atoms with Crippen molar-refractivity contribution in [3.8, 4) is 33.4 Å². The number of anilines is 2. The van der Waals surface area contributed by atoms with Crippen molar-refractivity contribution >= 4 is 75.1 Å². The number of nitrogens with zero attached hydrogens (tertiary/aromatic N) is 6. The third kappa shape index (κ3) is 11.6. The van der Waals surface area contributed by atoms with Gasteiger partial charge in [0.2, 0.25) is 11.8 Å². The maximum Gasteiger partial charge on any atom is 0.259 e. The molecule has 17 heteroatoms. The molecule has 2 N–H and O–H groups in total. The average Bonchev–Trinajstić information content (AvgIpc) is 3.99. The first-order valence-corrected chi connectivity index (χ1v) is 24.9. The zero-order valence-electron chi connectivity index (χ0n) is 40.4. The zero-order chi connectivity index (χ0) is 50.5. The minimum absolute atomic E-state index is 0.0170. The highest BCUT2D eigenvalue weighted by molar-refractivity contribution is 7.81. The van der Waals surface area contributed by atoms with E-state index in [0.29, 0.717) is 37.5 Å². The number of benzene rings is 3. The van der Waals surface area contributed by atoms with Gasteiger partial charge in [-0.25, -0.2) is 9.97 Å². The van der Waals surface area contributed by atoms with E-state index in [1.54, 1.807) is 30.1 Å². The SMILES string of the molecule is Cc1ncsc1-c1ccc([C@H](C)CC(=O)[C@@H]2C[C@@H](O)CN2C(=O)[C@@H](NC(=O)COCCCCOc2ccc(-c3ccc(N4C(=S)N(c5cnc(C#N)c(Cl)c5)C(=O)C4(C)C)cc3)cc2)C(C)(C)C)cc1. The summed E-state index contributed by atoms with van der Waals surface area (Å²) in [6.45, 7) is 13.7. The molecule has 2 aliphatic heterocycles. The van der Waals surface area contributed by atoms with E-state index >= 15 is 0 Å². The van der Waals surface area contributed by atoms with Crippen LogP contribution in [0.1, 0.15) is 90.1 Å². The Hall–Kier alpha value is -6.09.